The molecular weight excluding hydrogens is 329 g/mol. The Kier molecular flexibility index (Phi) is 4.44. The lowest BCUT2D eigenvalue weighted by Crippen LogP contribution is -2.43. The van der Waals surface area contributed by atoms with E-state index >= 15 is 0 Å². The van der Waals surface area contributed by atoms with E-state index in [1.165, 1.54) is 11.8 Å². The number of likely N-dealkylation sites (tertiary alicyclic amines) is 1. The number of benzene rings is 1. The third-order valence-electron chi connectivity index (χ3n) is 5.45. The number of pyridine rings is 1. The Hall–Kier alpha value is -2.71. The first-order valence-electron chi connectivity index (χ1n) is 8.90. The van der Waals surface area contributed by atoms with Crippen LogP contribution in [0.1, 0.15) is 24.0 Å². The fraction of sp³-hybridized carbons (Fsp3) is 0.333. The van der Waals surface area contributed by atoms with E-state index < -0.39 is 5.41 Å². The Morgan fingerprint density at radius 2 is 2.08 bits per heavy atom. The van der Waals surface area contributed by atoms with E-state index in [1.807, 2.05) is 12.1 Å². The molecule has 1 saturated heterocycles. The molecule has 0 saturated carbocycles. The third kappa shape index (κ3) is 3.09. The topological polar surface area (TPSA) is 53.1 Å². The molecule has 0 bridgehead atoms. The van der Waals surface area contributed by atoms with Crippen molar-refractivity contribution in [1.82, 2.24) is 9.88 Å². The van der Waals surface area contributed by atoms with Crippen molar-refractivity contribution >= 4 is 11.0 Å². The minimum absolute atomic E-state index is 0.379. The highest BCUT2D eigenvalue weighted by atomic mass is 19.1. The van der Waals surface area contributed by atoms with E-state index in [4.69, 9.17) is 4.42 Å². The quantitative estimate of drug-likeness (QED) is 0.712. The second-order valence-corrected chi connectivity index (χ2v) is 6.93. The molecule has 0 unspecified atom stereocenters. The van der Waals surface area contributed by atoms with Gasteiger partial charge in [0.05, 0.1) is 23.9 Å². The Morgan fingerprint density at radius 3 is 2.85 bits per heavy atom. The van der Waals surface area contributed by atoms with Crippen molar-refractivity contribution < 1.29 is 8.81 Å². The summed E-state index contributed by atoms with van der Waals surface area (Å²) in [4.78, 5) is 6.15. The molecule has 4 nitrogen and oxygen atoms in total. The number of furan rings is 1. The van der Waals surface area contributed by atoms with E-state index in [-0.39, 0.29) is 5.82 Å². The minimum Gasteiger partial charge on any atom is -0.464 e. The summed E-state index contributed by atoms with van der Waals surface area (Å²) in [5.41, 5.74) is 1.93. The van der Waals surface area contributed by atoms with Gasteiger partial charge in [-0.3, -0.25) is 4.98 Å². The molecule has 0 atom stereocenters. The zero-order valence-corrected chi connectivity index (χ0v) is 14.5. The first kappa shape index (κ1) is 16.7. The highest BCUT2D eigenvalue weighted by Gasteiger charge is 2.38. The van der Waals surface area contributed by atoms with E-state index in [1.54, 1.807) is 18.5 Å². The molecule has 1 aliphatic heterocycles. The van der Waals surface area contributed by atoms with Crippen LogP contribution in [-0.4, -0.2) is 29.5 Å². The molecular formula is C21H20FN3O. The summed E-state index contributed by atoms with van der Waals surface area (Å²) in [6.45, 7) is 2.52. The second-order valence-electron chi connectivity index (χ2n) is 6.93. The number of halogens is 1. The molecule has 2 aromatic heterocycles. The predicted molar refractivity (Wildman–Crippen MR) is 97.1 cm³/mol. The maximum absolute atomic E-state index is 14.1. The number of hydrogen-bond donors (Lipinski definition) is 0. The van der Waals surface area contributed by atoms with Gasteiger partial charge in [0.1, 0.15) is 11.4 Å². The Balaban J connectivity index is 1.40. The SMILES string of the molecule is N#CC1(c2ccncc2F)CCN(CCc2ccc3occc3c2)CC1. The van der Waals surface area contributed by atoms with Crippen LogP contribution in [0.15, 0.2) is 53.4 Å². The van der Waals surface area contributed by atoms with Crippen molar-refractivity contribution in [2.75, 3.05) is 19.6 Å². The van der Waals surface area contributed by atoms with Gasteiger partial charge in [0.2, 0.25) is 0 Å². The first-order chi connectivity index (χ1) is 12.7. The molecule has 3 heterocycles. The lowest BCUT2D eigenvalue weighted by molar-refractivity contribution is 0.186. The van der Waals surface area contributed by atoms with Gasteiger partial charge in [-0.05, 0) is 62.2 Å². The van der Waals surface area contributed by atoms with Crippen LogP contribution in [0.3, 0.4) is 0 Å². The zero-order chi connectivity index (χ0) is 18.0. The lowest BCUT2D eigenvalue weighted by Gasteiger charge is -2.37. The number of aromatic nitrogens is 1. The summed E-state index contributed by atoms with van der Waals surface area (Å²) in [5, 5.41) is 10.9. The van der Waals surface area contributed by atoms with Crippen LogP contribution < -0.4 is 0 Å². The molecule has 0 N–H and O–H groups in total. The molecule has 0 amide bonds. The standard InChI is InChI=1S/C21H20FN3O/c22-19-14-24-8-3-18(19)21(15-23)6-10-25(11-7-21)9-4-16-1-2-20-17(13-16)5-12-26-20/h1-3,5,8,12-14H,4,6-7,9-11H2. The maximum atomic E-state index is 14.1. The van der Waals surface area contributed by atoms with Crippen molar-refractivity contribution in [2.24, 2.45) is 0 Å². The molecule has 0 aliphatic carbocycles. The van der Waals surface area contributed by atoms with Gasteiger partial charge in [-0.1, -0.05) is 6.07 Å². The third-order valence-corrected chi connectivity index (χ3v) is 5.45. The van der Waals surface area contributed by atoms with Crippen molar-refractivity contribution in [3.63, 3.8) is 0 Å². The van der Waals surface area contributed by atoms with Crippen LogP contribution in [0.5, 0.6) is 0 Å². The average Bonchev–Trinajstić information content (AvgIpc) is 3.15. The van der Waals surface area contributed by atoms with E-state index in [0.29, 0.717) is 18.4 Å². The summed E-state index contributed by atoms with van der Waals surface area (Å²) >= 11 is 0. The minimum atomic E-state index is -0.737. The van der Waals surface area contributed by atoms with Crippen molar-refractivity contribution in [1.29, 1.82) is 5.26 Å². The number of rotatable bonds is 4. The van der Waals surface area contributed by atoms with Gasteiger partial charge < -0.3 is 9.32 Å². The summed E-state index contributed by atoms with van der Waals surface area (Å²) < 4.78 is 19.5. The number of nitriles is 1. The van der Waals surface area contributed by atoms with Crippen LogP contribution in [0.2, 0.25) is 0 Å². The monoisotopic (exact) mass is 349 g/mol. The molecule has 132 valence electrons. The smallest absolute Gasteiger partial charge is 0.146 e. The fourth-order valence-corrected chi connectivity index (χ4v) is 3.82. The summed E-state index contributed by atoms with van der Waals surface area (Å²) in [6.07, 6.45) is 6.71. The van der Waals surface area contributed by atoms with Crippen LogP contribution in [-0.2, 0) is 11.8 Å². The van der Waals surface area contributed by atoms with Crippen LogP contribution in [0.4, 0.5) is 4.39 Å². The van der Waals surface area contributed by atoms with Crippen molar-refractivity contribution in [3.05, 3.63) is 65.9 Å². The van der Waals surface area contributed by atoms with E-state index in [2.05, 4.69) is 28.1 Å². The van der Waals surface area contributed by atoms with Gasteiger partial charge in [-0.25, -0.2) is 4.39 Å². The van der Waals surface area contributed by atoms with Gasteiger partial charge in [-0.15, -0.1) is 0 Å². The molecule has 0 spiro atoms. The Labute approximate surface area is 151 Å². The van der Waals surface area contributed by atoms with Crippen LogP contribution in [0, 0.1) is 17.1 Å². The lowest BCUT2D eigenvalue weighted by atomic mass is 9.74. The van der Waals surface area contributed by atoms with Crippen molar-refractivity contribution in [3.8, 4) is 6.07 Å². The molecule has 1 fully saturated rings. The van der Waals surface area contributed by atoms with Gasteiger partial charge in [0.25, 0.3) is 0 Å². The number of piperidine rings is 1. The van der Waals surface area contributed by atoms with Crippen molar-refractivity contribution in [2.45, 2.75) is 24.7 Å². The number of nitrogens with zero attached hydrogens (tertiary/aromatic N) is 3. The van der Waals surface area contributed by atoms with Crippen LogP contribution >= 0.6 is 0 Å². The van der Waals surface area contributed by atoms with Gasteiger partial charge >= 0.3 is 0 Å². The molecule has 1 aliphatic rings. The Morgan fingerprint density at radius 1 is 1.23 bits per heavy atom. The summed E-state index contributed by atoms with van der Waals surface area (Å²) in [5.74, 6) is -0.379. The summed E-state index contributed by atoms with van der Waals surface area (Å²) in [6, 6.07) is 12.3. The molecule has 5 heteroatoms. The first-order valence-corrected chi connectivity index (χ1v) is 8.90. The average molecular weight is 349 g/mol. The van der Waals surface area contributed by atoms with Crippen LogP contribution in [0.25, 0.3) is 11.0 Å². The van der Waals surface area contributed by atoms with Gasteiger partial charge in [-0.2, -0.15) is 5.26 Å². The molecule has 0 radical (unpaired) electrons. The molecule has 3 aromatic rings. The highest BCUT2D eigenvalue weighted by Crippen LogP contribution is 2.36. The van der Waals surface area contributed by atoms with Gasteiger partial charge in [0.15, 0.2) is 0 Å². The highest BCUT2D eigenvalue weighted by molar-refractivity contribution is 5.77. The van der Waals surface area contributed by atoms with Gasteiger partial charge in [0, 0.05) is 23.7 Å². The Bertz CT molecular complexity index is 951. The largest absolute Gasteiger partial charge is 0.464 e. The number of hydrogen-bond acceptors (Lipinski definition) is 4. The number of fused-ring (bicyclic) bond motifs is 1. The van der Waals surface area contributed by atoms with E-state index in [9.17, 15) is 9.65 Å². The summed E-state index contributed by atoms with van der Waals surface area (Å²) in [7, 11) is 0. The second kappa shape index (κ2) is 6.89. The fourth-order valence-electron chi connectivity index (χ4n) is 3.82. The normalized spacial score (nSPS) is 17.2. The zero-order valence-electron chi connectivity index (χ0n) is 14.5. The maximum Gasteiger partial charge on any atom is 0.146 e. The molecule has 1 aromatic carbocycles. The molecule has 26 heavy (non-hydrogen) atoms. The van der Waals surface area contributed by atoms with E-state index in [0.717, 1.165) is 37.0 Å². The predicted octanol–water partition coefficient (Wildman–Crippen LogP) is 4.07. The molecule has 4 rings (SSSR count).